The molecule has 3 rings (SSSR count). The second-order valence-corrected chi connectivity index (χ2v) is 6.02. The first kappa shape index (κ1) is 17.9. The molecule has 2 N–H and O–H groups in total. The minimum Gasteiger partial charge on any atom is -0.383 e. The van der Waals surface area contributed by atoms with Gasteiger partial charge in [-0.15, -0.1) is 0 Å². The van der Waals surface area contributed by atoms with Crippen molar-refractivity contribution in [2.24, 2.45) is 0 Å². The highest BCUT2D eigenvalue weighted by Crippen LogP contribution is 2.29. The van der Waals surface area contributed by atoms with Gasteiger partial charge in [-0.1, -0.05) is 0 Å². The number of benzene rings is 1. The molecule has 2 unspecified atom stereocenters. The third kappa shape index (κ3) is 3.13. The molecule has 2 atom stereocenters. The van der Waals surface area contributed by atoms with Crippen molar-refractivity contribution in [3.05, 3.63) is 41.9 Å². The fraction of sp³-hybridized carbons (Fsp3) is 0.353. The number of carbonyl (C=O) groups excluding carboxylic acids is 3. The topological polar surface area (TPSA) is 91.0 Å². The van der Waals surface area contributed by atoms with Gasteiger partial charge < -0.3 is 20.3 Å². The molecule has 2 aliphatic rings. The van der Waals surface area contributed by atoms with Crippen molar-refractivity contribution in [1.82, 2.24) is 15.5 Å². The number of ether oxygens (including phenoxy) is 1. The highest BCUT2D eigenvalue weighted by Gasteiger charge is 2.49. The molecule has 2 heterocycles. The fourth-order valence-electron chi connectivity index (χ4n) is 3.09. The summed E-state index contributed by atoms with van der Waals surface area (Å²) in [6, 6.07) is 2.90. The molecule has 1 saturated heterocycles. The van der Waals surface area contributed by atoms with Crippen molar-refractivity contribution in [3.63, 3.8) is 0 Å². The Morgan fingerprint density at radius 1 is 1.31 bits per heavy atom. The molecule has 8 nitrogen and oxygen atoms in total. The summed E-state index contributed by atoms with van der Waals surface area (Å²) in [6.45, 7) is 0.671. The van der Waals surface area contributed by atoms with Gasteiger partial charge in [0.1, 0.15) is 11.9 Å². The number of nitrogens with one attached hydrogen (secondary N) is 2. The van der Waals surface area contributed by atoms with Crippen molar-refractivity contribution in [1.29, 1.82) is 0 Å². The zero-order valence-corrected chi connectivity index (χ0v) is 14.4. The molecule has 0 spiro atoms. The molecule has 0 aromatic heterocycles. The Labute approximate surface area is 149 Å². The summed E-state index contributed by atoms with van der Waals surface area (Å²) >= 11 is 0. The first-order valence-electron chi connectivity index (χ1n) is 8.05. The monoisotopic (exact) mass is 362 g/mol. The number of imide groups is 1. The molecule has 9 heteroatoms. The van der Waals surface area contributed by atoms with Gasteiger partial charge in [-0.05, 0) is 24.3 Å². The van der Waals surface area contributed by atoms with Crippen LogP contribution in [0, 0.1) is 5.82 Å². The number of halogens is 1. The number of anilines is 1. The number of hydrogen-bond acceptors (Lipinski definition) is 5. The molecule has 0 bridgehead atoms. The van der Waals surface area contributed by atoms with Crippen LogP contribution in [0.25, 0.3) is 0 Å². The summed E-state index contributed by atoms with van der Waals surface area (Å²) in [5, 5.41) is 5.38. The van der Waals surface area contributed by atoms with E-state index in [2.05, 4.69) is 10.6 Å². The lowest BCUT2D eigenvalue weighted by Crippen LogP contribution is -2.65. The van der Waals surface area contributed by atoms with Crippen LogP contribution in [0.4, 0.5) is 14.9 Å². The zero-order valence-electron chi connectivity index (χ0n) is 14.4. The van der Waals surface area contributed by atoms with E-state index in [1.165, 1.54) is 31.4 Å². The zero-order chi connectivity index (χ0) is 18.8. The van der Waals surface area contributed by atoms with Crippen molar-refractivity contribution in [2.45, 2.75) is 12.1 Å². The predicted octanol–water partition coefficient (Wildman–Crippen LogP) is 0.211. The van der Waals surface area contributed by atoms with E-state index >= 15 is 0 Å². The lowest BCUT2D eigenvalue weighted by molar-refractivity contribution is -0.122. The molecule has 1 aromatic carbocycles. The number of likely N-dealkylation sites (N-methyl/N-ethyl adjacent to an activating group) is 1. The number of amides is 4. The van der Waals surface area contributed by atoms with E-state index in [4.69, 9.17) is 4.74 Å². The van der Waals surface area contributed by atoms with E-state index in [0.29, 0.717) is 18.7 Å². The van der Waals surface area contributed by atoms with Crippen molar-refractivity contribution < 1.29 is 23.5 Å². The maximum Gasteiger partial charge on any atom is 0.329 e. The summed E-state index contributed by atoms with van der Waals surface area (Å²) < 4.78 is 18.0. The highest BCUT2D eigenvalue weighted by molar-refractivity contribution is 6.19. The Bertz CT molecular complexity index is 765. The van der Waals surface area contributed by atoms with Crippen molar-refractivity contribution in [3.8, 4) is 0 Å². The molecule has 26 heavy (non-hydrogen) atoms. The second-order valence-electron chi connectivity index (χ2n) is 6.02. The normalized spacial score (nSPS) is 22.0. The number of carbonyl (C=O) groups is 3. The quantitative estimate of drug-likeness (QED) is 0.731. The molecule has 2 aliphatic heterocycles. The molecular weight excluding hydrogens is 343 g/mol. The fourth-order valence-corrected chi connectivity index (χ4v) is 3.09. The van der Waals surface area contributed by atoms with Gasteiger partial charge in [0.15, 0.2) is 0 Å². The smallest absolute Gasteiger partial charge is 0.329 e. The van der Waals surface area contributed by atoms with Crippen LogP contribution in [0.5, 0.6) is 0 Å². The maximum absolute atomic E-state index is 13.1. The lowest BCUT2D eigenvalue weighted by Gasteiger charge is -2.37. The summed E-state index contributed by atoms with van der Waals surface area (Å²) in [5.41, 5.74) is 0.563. The Morgan fingerprint density at radius 2 is 2.00 bits per heavy atom. The molecule has 1 fully saturated rings. The Morgan fingerprint density at radius 3 is 2.65 bits per heavy atom. The molecular formula is C17H19FN4O4. The lowest BCUT2D eigenvalue weighted by atomic mass is 9.99. The van der Waals surface area contributed by atoms with Crippen LogP contribution in [0.3, 0.4) is 0 Å². The molecule has 138 valence electrons. The molecule has 1 aromatic rings. The van der Waals surface area contributed by atoms with Gasteiger partial charge in [0.25, 0.3) is 11.8 Å². The van der Waals surface area contributed by atoms with Gasteiger partial charge in [0.05, 0.1) is 23.9 Å². The number of hydrogen-bond donors (Lipinski definition) is 2. The number of methoxy groups -OCH3 is 1. The first-order valence-corrected chi connectivity index (χ1v) is 8.05. The standard InChI is InChI=1S/C17H19FN4O4/c1-21-9-12(15(23)19-7-8-26-2)13-14(21)16(24)22(17(25)20-13)11-5-3-10(18)4-6-11/h3-6,9,13-14H,7-8H2,1-2H3,(H,19,23)(H,20,25). The predicted molar refractivity (Wildman–Crippen MR) is 90.7 cm³/mol. The van der Waals surface area contributed by atoms with Crippen LogP contribution in [0.1, 0.15) is 0 Å². The third-order valence-electron chi connectivity index (χ3n) is 4.33. The average Bonchev–Trinajstić information content (AvgIpc) is 2.93. The van der Waals surface area contributed by atoms with E-state index in [1.54, 1.807) is 18.1 Å². The van der Waals surface area contributed by atoms with Gasteiger partial charge in [-0.3, -0.25) is 9.59 Å². The maximum atomic E-state index is 13.1. The van der Waals surface area contributed by atoms with Gasteiger partial charge in [0, 0.05) is 26.9 Å². The van der Waals surface area contributed by atoms with Crippen LogP contribution in [0.15, 0.2) is 36.0 Å². The van der Waals surface area contributed by atoms with E-state index in [-0.39, 0.29) is 11.6 Å². The van der Waals surface area contributed by atoms with E-state index in [0.717, 1.165) is 4.90 Å². The molecule has 4 amide bonds. The number of urea groups is 1. The summed E-state index contributed by atoms with van der Waals surface area (Å²) in [4.78, 5) is 40.2. The minimum absolute atomic E-state index is 0.263. The summed E-state index contributed by atoms with van der Waals surface area (Å²) in [7, 11) is 3.18. The second kappa shape index (κ2) is 7.12. The molecule has 0 aliphatic carbocycles. The Kier molecular flexibility index (Phi) is 4.90. The van der Waals surface area contributed by atoms with E-state index in [1.807, 2.05) is 0 Å². The highest BCUT2D eigenvalue weighted by atomic mass is 19.1. The summed E-state index contributed by atoms with van der Waals surface area (Å²) in [5.74, 6) is -1.32. The number of fused-ring (bicyclic) bond motifs is 1. The Balaban J connectivity index is 1.81. The van der Waals surface area contributed by atoms with Crippen molar-refractivity contribution in [2.75, 3.05) is 32.2 Å². The van der Waals surface area contributed by atoms with Gasteiger partial charge >= 0.3 is 6.03 Å². The largest absolute Gasteiger partial charge is 0.383 e. The van der Waals surface area contributed by atoms with Gasteiger partial charge in [-0.2, -0.15) is 0 Å². The van der Waals surface area contributed by atoms with Crippen molar-refractivity contribution >= 4 is 23.5 Å². The SMILES string of the molecule is COCCNC(=O)C1=CN(C)C2C(=O)N(c3ccc(F)cc3)C(=O)NC12. The Hall–Kier alpha value is -2.94. The van der Waals surface area contributed by atoms with E-state index in [9.17, 15) is 18.8 Å². The average molecular weight is 362 g/mol. The van der Waals surface area contributed by atoms with Crippen LogP contribution < -0.4 is 15.5 Å². The van der Waals surface area contributed by atoms with Gasteiger partial charge in [-0.25, -0.2) is 14.1 Å². The third-order valence-corrected chi connectivity index (χ3v) is 4.33. The van der Waals surface area contributed by atoms with Gasteiger partial charge in [0.2, 0.25) is 0 Å². The number of rotatable bonds is 5. The first-order chi connectivity index (χ1) is 12.4. The number of nitrogens with zero attached hydrogens (tertiary/aromatic N) is 2. The van der Waals surface area contributed by atoms with Crippen LogP contribution in [0.2, 0.25) is 0 Å². The molecule has 0 saturated carbocycles. The minimum atomic E-state index is -0.751. The van der Waals surface area contributed by atoms with Crippen LogP contribution in [-0.4, -0.2) is 62.1 Å². The van der Waals surface area contributed by atoms with E-state index < -0.39 is 29.8 Å². The van der Waals surface area contributed by atoms with Crippen LogP contribution >= 0.6 is 0 Å². The summed E-state index contributed by atoms with van der Waals surface area (Å²) in [6.07, 6.45) is 1.55. The van der Waals surface area contributed by atoms with Crippen LogP contribution in [-0.2, 0) is 14.3 Å². The molecule has 0 radical (unpaired) electrons.